The van der Waals surface area contributed by atoms with E-state index >= 15 is 0 Å². The predicted octanol–water partition coefficient (Wildman–Crippen LogP) is 3.88. The lowest BCUT2D eigenvalue weighted by molar-refractivity contribution is -0.121. The topological polar surface area (TPSA) is 41.5 Å². The lowest BCUT2D eigenvalue weighted by Gasteiger charge is -2.19. The molecule has 1 N–H and O–H groups in total. The Morgan fingerprint density at radius 1 is 1.35 bits per heavy atom. The smallest absolute Gasteiger partial charge is 0.242 e. The normalized spacial score (nSPS) is 18.1. The molecule has 0 spiro atoms. The fraction of sp³-hybridized carbons (Fsp3) is 0.429. The summed E-state index contributed by atoms with van der Waals surface area (Å²) in [7, 11) is 0. The number of thioether (sulfide) groups is 2. The fourth-order valence-electron chi connectivity index (χ4n) is 1.89. The van der Waals surface area contributed by atoms with E-state index in [0.717, 1.165) is 27.3 Å². The number of carbonyl (C=O) groups is 1. The third-order valence-corrected chi connectivity index (χ3v) is 6.81. The zero-order chi connectivity index (χ0) is 14.6. The summed E-state index contributed by atoms with van der Waals surface area (Å²) >= 11 is 7.10. The van der Waals surface area contributed by atoms with E-state index in [0.29, 0.717) is 6.42 Å². The van der Waals surface area contributed by atoms with Crippen LogP contribution in [-0.4, -0.2) is 27.2 Å². The van der Waals surface area contributed by atoms with Gasteiger partial charge in [-0.05, 0) is 31.5 Å². The Kier molecular flexibility index (Phi) is 5.57. The number of rotatable bonds is 4. The number of hydrogen-bond acceptors (Lipinski definition) is 4. The Balaban J connectivity index is 1.91. The molecule has 0 aliphatic carbocycles. The van der Waals surface area contributed by atoms with Crippen molar-refractivity contribution in [1.82, 2.24) is 5.43 Å². The second-order valence-corrected chi connectivity index (χ2v) is 9.12. The highest BCUT2D eigenvalue weighted by molar-refractivity contribution is 9.10. The van der Waals surface area contributed by atoms with Crippen LogP contribution >= 0.6 is 39.5 Å². The van der Waals surface area contributed by atoms with E-state index in [4.69, 9.17) is 0 Å². The highest BCUT2D eigenvalue weighted by atomic mass is 79.9. The Bertz CT molecular complexity index is 510. The number of halogens is 1. The molecule has 1 aliphatic rings. The van der Waals surface area contributed by atoms with Crippen LogP contribution in [0.25, 0.3) is 0 Å². The molecule has 3 nitrogen and oxygen atoms in total. The first-order valence-electron chi connectivity index (χ1n) is 6.35. The van der Waals surface area contributed by atoms with E-state index < -0.39 is 0 Å². The lowest BCUT2D eigenvalue weighted by Crippen LogP contribution is -2.26. The monoisotopic (exact) mass is 372 g/mol. The summed E-state index contributed by atoms with van der Waals surface area (Å²) in [5.41, 5.74) is 4.47. The van der Waals surface area contributed by atoms with Gasteiger partial charge < -0.3 is 0 Å². The van der Waals surface area contributed by atoms with Gasteiger partial charge in [0, 0.05) is 16.0 Å². The van der Waals surface area contributed by atoms with Crippen molar-refractivity contribution in [2.75, 3.05) is 11.5 Å². The summed E-state index contributed by atoms with van der Waals surface area (Å²) in [6, 6.07) is 7.87. The first-order chi connectivity index (χ1) is 9.48. The van der Waals surface area contributed by atoms with Gasteiger partial charge in [0.2, 0.25) is 5.91 Å². The summed E-state index contributed by atoms with van der Waals surface area (Å²) in [6.07, 6.45) is 0.499. The van der Waals surface area contributed by atoms with Crippen LogP contribution in [0, 0.1) is 0 Å². The van der Waals surface area contributed by atoms with Crippen molar-refractivity contribution in [3.8, 4) is 0 Å². The van der Waals surface area contributed by atoms with Gasteiger partial charge >= 0.3 is 0 Å². The molecule has 108 valence electrons. The fourth-order valence-corrected chi connectivity index (χ4v) is 4.99. The first-order valence-corrected chi connectivity index (χ1v) is 9.12. The Labute approximate surface area is 136 Å². The lowest BCUT2D eigenvalue weighted by atomic mass is 10.1. The second-order valence-electron chi connectivity index (χ2n) is 4.75. The third-order valence-electron chi connectivity index (χ3n) is 2.99. The maximum atomic E-state index is 11.9. The molecule has 20 heavy (non-hydrogen) atoms. The molecular formula is C14H17BrN2OS2. The van der Waals surface area contributed by atoms with Crippen LogP contribution in [0.1, 0.15) is 25.8 Å². The molecule has 1 aliphatic heterocycles. The van der Waals surface area contributed by atoms with E-state index in [2.05, 4.69) is 33.4 Å². The zero-order valence-corrected chi connectivity index (χ0v) is 14.7. The van der Waals surface area contributed by atoms with Crippen LogP contribution in [0.5, 0.6) is 0 Å². The van der Waals surface area contributed by atoms with Crippen molar-refractivity contribution in [1.29, 1.82) is 0 Å². The summed E-state index contributed by atoms with van der Waals surface area (Å²) in [4.78, 5) is 11.9. The van der Waals surface area contributed by atoms with E-state index in [-0.39, 0.29) is 9.99 Å². The maximum Gasteiger partial charge on any atom is 0.242 e. The Morgan fingerprint density at radius 2 is 1.95 bits per heavy atom. The molecule has 0 saturated carbocycles. The van der Waals surface area contributed by atoms with E-state index in [9.17, 15) is 4.79 Å². The molecule has 0 unspecified atom stereocenters. The van der Waals surface area contributed by atoms with Crippen LogP contribution < -0.4 is 5.43 Å². The van der Waals surface area contributed by atoms with Gasteiger partial charge in [0.1, 0.15) is 0 Å². The molecule has 1 aromatic carbocycles. The Hall–Kier alpha value is -0.460. The quantitative estimate of drug-likeness (QED) is 0.643. The number of benzene rings is 1. The van der Waals surface area contributed by atoms with E-state index in [1.807, 2.05) is 54.7 Å². The van der Waals surface area contributed by atoms with Crippen molar-refractivity contribution in [3.05, 3.63) is 34.3 Å². The molecule has 1 heterocycles. The molecule has 1 aromatic rings. The summed E-state index contributed by atoms with van der Waals surface area (Å²) in [6.45, 7) is 4.02. The average molecular weight is 373 g/mol. The second kappa shape index (κ2) is 7.00. The highest BCUT2D eigenvalue weighted by Crippen LogP contribution is 2.45. The number of carbonyl (C=O) groups excluding carboxylic acids is 1. The number of amides is 1. The minimum atomic E-state index is -0.0224. The number of nitrogens with zero attached hydrogens (tertiary/aromatic N) is 1. The van der Waals surface area contributed by atoms with Crippen molar-refractivity contribution >= 4 is 51.1 Å². The largest absolute Gasteiger partial charge is 0.273 e. The molecule has 1 saturated heterocycles. The van der Waals surface area contributed by atoms with Crippen LogP contribution in [-0.2, 0) is 4.79 Å². The van der Waals surface area contributed by atoms with Crippen molar-refractivity contribution < 1.29 is 4.79 Å². The number of hydrogen-bond donors (Lipinski definition) is 1. The zero-order valence-electron chi connectivity index (χ0n) is 11.5. The molecule has 1 fully saturated rings. The van der Waals surface area contributed by atoms with Gasteiger partial charge in [0.15, 0.2) is 0 Å². The van der Waals surface area contributed by atoms with Crippen LogP contribution in [0.4, 0.5) is 0 Å². The minimum Gasteiger partial charge on any atom is -0.273 e. The van der Waals surface area contributed by atoms with E-state index in [1.165, 1.54) is 0 Å². The molecule has 1 amide bonds. The predicted molar refractivity (Wildman–Crippen MR) is 92.4 cm³/mol. The summed E-state index contributed by atoms with van der Waals surface area (Å²) in [5, 5.41) is 4.18. The van der Waals surface area contributed by atoms with Gasteiger partial charge in [-0.25, -0.2) is 5.43 Å². The summed E-state index contributed by atoms with van der Waals surface area (Å²) < 4.78 is 1.03. The average Bonchev–Trinajstić information content (AvgIpc) is 2.83. The molecule has 0 aromatic heterocycles. The molecule has 2 rings (SSSR count). The minimum absolute atomic E-state index is 0.00508. The summed E-state index contributed by atoms with van der Waals surface area (Å²) in [5.74, 6) is 2.22. The molecular weight excluding hydrogens is 356 g/mol. The SMILES string of the molecule is CC(=NNC(=O)CC1(C)SCCS1)c1ccc(Br)cc1. The highest BCUT2D eigenvalue weighted by Gasteiger charge is 2.32. The molecule has 6 heteroatoms. The van der Waals surface area contributed by atoms with Gasteiger partial charge in [-0.3, -0.25) is 4.79 Å². The number of hydrazone groups is 1. The molecule has 0 atom stereocenters. The molecule has 0 radical (unpaired) electrons. The van der Waals surface area contributed by atoms with Gasteiger partial charge in [-0.2, -0.15) is 5.10 Å². The van der Waals surface area contributed by atoms with Crippen LogP contribution in [0.3, 0.4) is 0 Å². The first kappa shape index (κ1) is 15.9. The standard InChI is InChI=1S/C14H17BrN2OS2/c1-10(11-3-5-12(15)6-4-11)16-17-13(18)9-14(2)19-7-8-20-14/h3-6H,7-9H2,1-2H3,(H,17,18). The van der Waals surface area contributed by atoms with Gasteiger partial charge in [-0.1, -0.05) is 28.1 Å². The van der Waals surface area contributed by atoms with Gasteiger partial charge in [0.25, 0.3) is 0 Å². The van der Waals surface area contributed by atoms with Crippen molar-refractivity contribution in [3.63, 3.8) is 0 Å². The van der Waals surface area contributed by atoms with Crippen LogP contribution in [0.15, 0.2) is 33.8 Å². The van der Waals surface area contributed by atoms with Crippen molar-refractivity contribution in [2.24, 2.45) is 5.10 Å². The Morgan fingerprint density at radius 3 is 2.55 bits per heavy atom. The third kappa shape index (κ3) is 4.53. The maximum absolute atomic E-state index is 11.9. The number of nitrogens with one attached hydrogen (secondary N) is 1. The van der Waals surface area contributed by atoms with Gasteiger partial charge in [-0.15, -0.1) is 23.5 Å². The van der Waals surface area contributed by atoms with E-state index in [1.54, 1.807) is 0 Å². The van der Waals surface area contributed by atoms with Crippen molar-refractivity contribution in [2.45, 2.75) is 24.3 Å². The van der Waals surface area contributed by atoms with Gasteiger partial charge in [0.05, 0.1) is 16.2 Å². The van der Waals surface area contributed by atoms with Crippen LogP contribution in [0.2, 0.25) is 0 Å². The molecule has 0 bridgehead atoms.